The molecule has 17 heavy (non-hydrogen) atoms. The van der Waals surface area contributed by atoms with Crippen molar-refractivity contribution in [2.75, 3.05) is 6.54 Å². The van der Waals surface area contributed by atoms with Crippen LogP contribution in [0.4, 0.5) is 5.69 Å². The van der Waals surface area contributed by atoms with Gasteiger partial charge >= 0.3 is 0 Å². The van der Waals surface area contributed by atoms with Crippen molar-refractivity contribution >= 4 is 5.69 Å². The van der Waals surface area contributed by atoms with Gasteiger partial charge in [-0.25, -0.2) is 0 Å². The molecule has 0 spiro atoms. The predicted octanol–water partition coefficient (Wildman–Crippen LogP) is 3.29. The number of non-ortho nitro benzene ring substituents is 1. The van der Waals surface area contributed by atoms with E-state index in [0.29, 0.717) is 5.92 Å². The highest BCUT2D eigenvalue weighted by Gasteiger charge is 2.09. The van der Waals surface area contributed by atoms with Crippen LogP contribution in [-0.2, 0) is 0 Å². The summed E-state index contributed by atoms with van der Waals surface area (Å²) in [6.45, 7) is 7.41. The zero-order valence-electron chi connectivity index (χ0n) is 10.6. The lowest BCUT2D eigenvalue weighted by atomic mass is 10.1. The van der Waals surface area contributed by atoms with Crippen LogP contribution in [0, 0.1) is 16.0 Å². The first-order valence-corrected chi connectivity index (χ1v) is 6.02. The molecular weight excluding hydrogens is 216 g/mol. The van der Waals surface area contributed by atoms with E-state index in [1.54, 1.807) is 12.1 Å². The lowest BCUT2D eigenvalue weighted by Crippen LogP contribution is -2.24. The van der Waals surface area contributed by atoms with E-state index in [0.717, 1.165) is 18.5 Å². The fourth-order valence-electron chi connectivity index (χ4n) is 1.52. The Morgan fingerprint density at radius 2 is 1.88 bits per heavy atom. The summed E-state index contributed by atoms with van der Waals surface area (Å²) in [5, 5.41) is 14.0. The van der Waals surface area contributed by atoms with Gasteiger partial charge < -0.3 is 5.32 Å². The Labute approximate surface area is 102 Å². The Balaban J connectivity index is 2.57. The first kappa shape index (κ1) is 13.6. The summed E-state index contributed by atoms with van der Waals surface area (Å²) in [4.78, 5) is 10.2. The molecule has 4 heteroatoms. The molecule has 0 aliphatic carbocycles. The predicted molar refractivity (Wildman–Crippen MR) is 69.0 cm³/mol. The van der Waals surface area contributed by atoms with Gasteiger partial charge in [-0.1, -0.05) is 32.4 Å². The van der Waals surface area contributed by atoms with E-state index in [-0.39, 0.29) is 16.7 Å². The van der Waals surface area contributed by atoms with E-state index < -0.39 is 0 Å². The number of nitrogens with one attached hydrogen (secondary N) is 1. The minimum absolute atomic E-state index is 0.142. The van der Waals surface area contributed by atoms with Crippen LogP contribution in [0.25, 0.3) is 0 Å². The Hall–Kier alpha value is -1.42. The van der Waals surface area contributed by atoms with Crippen LogP contribution in [-0.4, -0.2) is 11.5 Å². The molecule has 1 aromatic carbocycles. The molecule has 2 atom stereocenters. The van der Waals surface area contributed by atoms with E-state index in [4.69, 9.17) is 0 Å². The number of hydrogen-bond acceptors (Lipinski definition) is 3. The van der Waals surface area contributed by atoms with Crippen molar-refractivity contribution < 1.29 is 4.92 Å². The third kappa shape index (κ3) is 4.15. The zero-order chi connectivity index (χ0) is 12.8. The second-order valence-electron chi connectivity index (χ2n) is 4.49. The lowest BCUT2D eigenvalue weighted by molar-refractivity contribution is -0.384. The fourth-order valence-corrected chi connectivity index (χ4v) is 1.52. The third-order valence-corrected chi connectivity index (χ3v) is 3.07. The van der Waals surface area contributed by atoms with Gasteiger partial charge in [0.15, 0.2) is 0 Å². The summed E-state index contributed by atoms with van der Waals surface area (Å²) in [7, 11) is 0. The highest BCUT2D eigenvalue weighted by molar-refractivity contribution is 5.33. The smallest absolute Gasteiger partial charge is 0.269 e. The molecule has 4 nitrogen and oxygen atoms in total. The van der Waals surface area contributed by atoms with Crippen LogP contribution in [0.15, 0.2) is 24.3 Å². The van der Waals surface area contributed by atoms with Crippen molar-refractivity contribution in [1.82, 2.24) is 5.32 Å². The van der Waals surface area contributed by atoms with Gasteiger partial charge in [0.05, 0.1) is 4.92 Å². The van der Waals surface area contributed by atoms with Gasteiger partial charge in [0, 0.05) is 18.2 Å². The SMILES string of the molecule is CCC(C)CNC(C)c1ccc([N+](=O)[O-])cc1. The number of nitro benzene ring substituents is 1. The highest BCUT2D eigenvalue weighted by atomic mass is 16.6. The topological polar surface area (TPSA) is 55.2 Å². The van der Waals surface area contributed by atoms with Crippen molar-refractivity contribution in [2.45, 2.75) is 33.2 Å². The molecule has 0 bridgehead atoms. The van der Waals surface area contributed by atoms with E-state index in [2.05, 4.69) is 26.1 Å². The van der Waals surface area contributed by atoms with Crippen molar-refractivity contribution in [3.05, 3.63) is 39.9 Å². The van der Waals surface area contributed by atoms with E-state index in [1.165, 1.54) is 0 Å². The third-order valence-electron chi connectivity index (χ3n) is 3.07. The van der Waals surface area contributed by atoms with Gasteiger partial charge in [-0.3, -0.25) is 10.1 Å². The number of hydrogen-bond donors (Lipinski definition) is 1. The molecule has 0 radical (unpaired) electrons. The molecule has 0 amide bonds. The molecule has 1 aromatic rings. The van der Waals surface area contributed by atoms with Gasteiger partial charge in [0.25, 0.3) is 5.69 Å². The molecule has 0 saturated heterocycles. The number of nitrogens with zero attached hydrogens (tertiary/aromatic N) is 1. The first-order chi connectivity index (χ1) is 8.04. The zero-order valence-corrected chi connectivity index (χ0v) is 10.6. The fraction of sp³-hybridized carbons (Fsp3) is 0.538. The molecule has 0 fully saturated rings. The number of rotatable bonds is 6. The van der Waals surface area contributed by atoms with Crippen LogP contribution in [0.2, 0.25) is 0 Å². The van der Waals surface area contributed by atoms with Crippen LogP contribution in [0.3, 0.4) is 0 Å². The molecular formula is C13H20N2O2. The molecule has 0 saturated carbocycles. The van der Waals surface area contributed by atoms with Crippen molar-refractivity contribution in [3.63, 3.8) is 0 Å². The maximum atomic E-state index is 10.5. The monoisotopic (exact) mass is 236 g/mol. The molecule has 0 aliphatic heterocycles. The molecule has 1 N–H and O–H groups in total. The van der Waals surface area contributed by atoms with Crippen LogP contribution in [0.1, 0.15) is 38.8 Å². The summed E-state index contributed by atoms with van der Waals surface area (Å²) in [5.41, 5.74) is 1.22. The van der Waals surface area contributed by atoms with Crippen molar-refractivity contribution in [3.8, 4) is 0 Å². The summed E-state index contributed by atoms with van der Waals surface area (Å²) in [6, 6.07) is 6.96. The van der Waals surface area contributed by atoms with E-state index in [9.17, 15) is 10.1 Å². The van der Waals surface area contributed by atoms with Gasteiger partial charge in [0.1, 0.15) is 0 Å². The molecule has 2 unspecified atom stereocenters. The maximum Gasteiger partial charge on any atom is 0.269 e. The highest BCUT2D eigenvalue weighted by Crippen LogP contribution is 2.17. The standard InChI is InChI=1S/C13H20N2O2/c1-4-10(2)9-14-11(3)12-5-7-13(8-6-12)15(16)17/h5-8,10-11,14H,4,9H2,1-3H3. The summed E-state index contributed by atoms with van der Waals surface area (Å²) in [5.74, 6) is 0.649. The average molecular weight is 236 g/mol. The van der Waals surface area contributed by atoms with Gasteiger partial charge in [-0.05, 0) is 24.9 Å². The summed E-state index contributed by atoms with van der Waals surface area (Å²) in [6.07, 6.45) is 1.15. The van der Waals surface area contributed by atoms with Gasteiger partial charge in [0.2, 0.25) is 0 Å². The van der Waals surface area contributed by atoms with Gasteiger partial charge in [-0.15, -0.1) is 0 Å². The molecule has 94 valence electrons. The second-order valence-corrected chi connectivity index (χ2v) is 4.49. The Bertz CT molecular complexity index is 362. The lowest BCUT2D eigenvalue weighted by Gasteiger charge is -2.17. The average Bonchev–Trinajstić information content (AvgIpc) is 2.35. The Kier molecular flexibility index (Phi) is 5.10. The normalized spacial score (nSPS) is 14.3. The minimum Gasteiger partial charge on any atom is -0.310 e. The van der Waals surface area contributed by atoms with Crippen LogP contribution < -0.4 is 5.32 Å². The molecule has 0 aromatic heterocycles. The Morgan fingerprint density at radius 1 is 1.29 bits per heavy atom. The molecule has 0 heterocycles. The largest absolute Gasteiger partial charge is 0.310 e. The molecule has 0 aliphatic rings. The van der Waals surface area contributed by atoms with Crippen LogP contribution in [0.5, 0.6) is 0 Å². The van der Waals surface area contributed by atoms with Crippen molar-refractivity contribution in [1.29, 1.82) is 0 Å². The summed E-state index contributed by atoms with van der Waals surface area (Å²) >= 11 is 0. The quantitative estimate of drug-likeness (QED) is 0.609. The van der Waals surface area contributed by atoms with Gasteiger partial charge in [-0.2, -0.15) is 0 Å². The Morgan fingerprint density at radius 3 is 2.35 bits per heavy atom. The van der Waals surface area contributed by atoms with E-state index in [1.807, 2.05) is 12.1 Å². The first-order valence-electron chi connectivity index (χ1n) is 6.02. The summed E-state index contributed by atoms with van der Waals surface area (Å²) < 4.78 is 0. The second kappa shape index (κ2) is 6.35. The number of nitro groups is 1. The number of benzene rings is 1. The van der Waals surface area contributed by atoms with Crippen molar-refractivity contribution in [2.24, 2.45) is 5.92 Å². The molecule has 1 rings (SSSR count). The minimum atomic E-state index is -0.374. The van der Waals surface area contributed by atoms with E-state index >= 15 is 0 Å². The maximum absolute atomic E-state index is 10.5. The van der Waals surface area contributed by atoms with Crippen LogP contribution >= 0.6 is 0 Å².